The first-order chi connectivity index (χ1) is 21.7. The average Bonchev–Trinajstić information content (AvgIpc) is 3.62. The monoisotopic (exact) mass is 663 g/mol. The van der Waals surface area contributed by atoms with Gasteiger partial charge in [-0.05, 0) is 54.5 Å². The van der Waals surface area contributed by atoms with Crippen molar-refractivity contribution in [1.82, 2.24) is 10.2 Å². The molecule has 0 saturated heterocycles. The van der Waals surface area contributed by atoms with Crippen LogP contribution in [-0.2, 0) is 32.6 Å². The molecule has 1 N–H and O–H groups in total. The highest BCUT2D eigenvalue weighted by atomic mass is 35.5. The van der Waals surface area contributed by atoms with Gasteiger partial charge in [0.2, 0.25) is 11.8 Å². The molecule has 4 aromatic rings. The van der Waals surface area contributed by atoms with Crippen molar-refractivity contribution in [3.8, 4) is 0 Å². The molecule has 1 saturated carbocycles. The highest BCUT2D eigenvalue weighted by molar-refractivity contribution is 7.93. The molecular weight excluding hydrogens is 629 g/mol. The summed E-state index contributed by atoms with van der Waals surface area (Å²) in [6.45, 7) is 0.167. The van der Waals surface area contributed by atoms with Crippen LogP contribution in [0.1, 0.15) is 49.7 Å². The molecule has 0 aromatic heterocycles. The Bertz CT molecular complexity index is 1800. The molecule has 4 aromatic carbocycles. The first-order valence-electron chi connectivity index (χ1n) is 15.3. The van der Waals surface area contributed by atoms with Crippen molar-refractivity contribution in [2.24, 2.45) is 0 Å². The van der Waals surface area contributed by atoms with Crippen LogP contribution < -0.4 is 9.62 Å². The van der Waals surface area contributed by atoms with Crippen LogP contribution in [0.15, 0.2) is 89.8 Å². The number of sulfonamides is 1. The van der Waals surface area contributed by atoms with E-state index in [0.29, 0.717) is 33.1 Å². The highest BCUT2D eigenvalue weighted by Crippen LogP contribution is 2.42. The number of halogens is 2. The zero-order valence-corrected chi connectivity index (χ0v) is 27.1. The molecule has 6 rings (SSSR count). The maximum absolute atomic E-state index is 14.2. The van der Waals surface area contributed by atoms with Crippen LogP contribution in [-0.4, -0.2) is 43.8 Å². The standard InChI is InChI=1S/C35H35Cl2N3O4S/c36-28-16-8-17-29(37)27(28)23-39(31(22-24-10-2-1-3-11-24)35(42)38-26-14-4-5-15-26)33(41)20-9-21-40-30-18-6-12-25-13-7-19-32(34(25)30)45(40,43)44/h1-3,6-8,10-13,16-19,26,31H,4-5,9,14-15,20-23H2,(H,38,42)/t31-/m0/s1. The lowest BCUT2D eigenvalue weighted by molar-refractivity contribution is -0.141. The third-order valence-corrected chi connectivity index (χ3v) is 11.4. The Hall–Kier alpha value is -3.59. The Labute approximate surface area is 274 Å². The van der Waals surface area contributed by atoms with Crippen molar-refractivity contribution in [3.05, 3.63) is 106 Å². The molecule has 10 heteroatoms. The number of hydrogen-bond acceptors (Lipinski definition) is 4. The lowest BCUT2D eigenvalue weighted by atomic mass is 10.0. The van der Waals surface area contributed by atoms with E-state index in [9.17, 15) is 18.0 Å². The molecule has 234 valence electrons. The number of nitrogens with one attached hydrogen (secondary N) is 1. The second kappa shape index (κ2) is 13.4. The minimum Gasteiger partial charge on any atom is -0.352 e. The zero-order valence-electron chi connectivity index (χ0n) is 24.8. The number of hydrogen-bond donors (Lipinski definition) is 1. The maximum Gasteiger partial charge on any atom is 0.265 e. The average molecular weight is 665 g/mol. The van der Waals surface area contributed by atoms with E-state index >= 15 is 0 Å². The smallest absolute Gasteiger partial charge is 0.265 e. The van der Waals surface area contributed by atoms with Gasteiger partial charge in [-0.3, -0.25) is 13.9 Å². The third kappa shape index (κ3) is 6.55. The van der Waals surface area contributed by atoms with E-state index in [-0.39, 0.29) is 48.7 Å². The second-order valence-corrected chi connectivity index (χ2v) is 14.4. The summed E-state index contributed by atoms with van der Waals surface area (Å²) in [5.41, 5.74) is 2.10. The fraction of sp³-hybridized carbons (Fsp3) is 0.314. The van der Waals surface area contributed by atoms with Gasteiger partial charge in [0.15, 0.2) is 0 Å². The molecule has 0 bridgehead atoms. The van der Waals surface area contributed by atoms with E-state index in [1.807, 2.05) is 48.5 Å². The quantitative estimate of drug-likeness (QED) is 0.185. The van der Waals surface area contributed by atoms with Crippen molar-refractivity contribution >= 4 is 61.5 Å². The SMILES string of the molecule is O=C(NC1CCCC1)[C@H](Cc1ccccc1)N(Cc1c(Cl)cccc1Cl)C(=O)CCCN1c2cccc3cccc(c23)S1(=O)=O. The van der Waals surface area contributed by atoms with Crippen molar-refractivity contribution in [1.29, 1.82) is 0 Å². The molecule has 0 unspecified atom stereocenters. The Kier molecular flexibility index (Phi) is 9.36. The van der Waals surface area contributed by atoms with Crippen molar-refractivity contribution in [3.63, 3.8) is 0 Å². The summed E-state index contributed by atoms with van der Waals surface area (Å²) in [7, 11) is -3.75. The van der Waals surface area contributed by atoms with Crippen LogP contribution >= 0.6 is 23.2 Å². The zero-order chi connectivity index (χ0) is 31.6. The first-order valence-corrected chi connectivity index (χ1v) is 17.5. The number of amides is 2. The molecule has 7 nitrogen and oxygen atoms in total. The summed E-state index contributed by atoms with van der Waals surface area (Å²) in [6, 6.07) is 24.8. The second-order valence-electron chi connectivity index (χ2n) is 11.7. The molecule has 1 aliphatic carbocycles. The molecule has 2 amide bonds. The van der Waals surface area contributed by atoms with E-state index in [4.69, 9.17) is 23.2 Å². The van der Waals surface area contributed by atoms with Crippen LogP contribution in [0.4, 0.5) is 5.69 Å². The molecule has 0 spiro atoms. The van der Waals surface area contributed by atoms with Crippen LogP contribution in [0.3, 0.4) is 0 Å². The van der Waals surface area contributed by atoms with Gasteiger partial charge in [-0.2, -0.15) is 0 Å². The third-order valence-electron chi connectivity index (χ3n) is 8.80. The summed E-state index contributed by atoms with van der Waals surface area (Å²) in [6.07, 6.45) is 4.54. The fourth-order valence-corrected chi connectivity index (χ4v) is 8.76. The largest absolute Gasteiger partial charge is 0.352 e. The number of rotatable bonds is 11. The molecular formula is C35H35Cl2N3O4S. The summed E-state index contributed by atoms with van der Waals surface area (Å²) in [5.74, 6) is -0.493. The molecule has 1 fully saturated rings. The van der Waals surface area contributed by atoms with Gasteiger partial charge in [-0.15, -0.1) is 0 Å². The van der Waals surface area contributed by atoms with Gasteiger partial charge in [0.25, 0.3) is 10.0 Å². The maximum atomic E-state index is 14.2. The minimum atomic E-state index is -3.75. The summed E-state index contributed by atoms with van der Waals surface area (Å²) >= 11 is 13.1. The minimum absolute atomic E-state index is 0.0302. The predicted molar refractivity (Wildman–Crippen MR) is 179 cm³/mol. The van der Waals surface area contributed by atoms with E-state index in [2.05, 4.69) is 5.32 Å². The Morgan fingerprint density at radius 3 is 2.27 bits per heavy atom. The molecule has 45 heavy (non-hydrogen) atoms. The van der Waals surface area contributed by atoms with Gasteiger partial charge < -0.3 is 10.2 Å². The van der Waals surface area contributed by atoms with Crippen molar-refractivity contribution in [2.45, 2.75) is 68.5 Å². The van der Waals surface area contributed by atoms with Gasteiger partial charge >= 0.3 is 0 Å². The lowest BCUT2D eigenvalue weighted by Gasteiger charge is -2.33. The molecule has 2 aliphatic rings. The van der Waals surface area contributed by atoms with Gasteiger partial charge in [0, 0.05) is 53.0 Å². The number of carbonyl (C=O) groups excluding carboxylic acids is 2. The molecule has 1 atom stereocenters. The van der Waals surface area contributed by atoms with Crippen molar-refractivity contribution < 1.29 is 18.0 Å². The van der Waals surface area contributed by atoms with Crippen LogP contribution in [0.2, 0.25) is 10.0 Å². The van der Waals surface area contributed by atoms with Crippen LogP contribution in [0, 0.1) is 0 Å². The predicted octanol–water partition coefficient (Wildman–Crippen LogP) is 7.13. The Morgan fingerprint density at radius 2 is 1.56 bits per heavy atom. The topological polar surface area (TPSA) is 86.8 Å². The van der Waals surface area contributed by atoms with E-state index in [1.165, 1.54) is 4.31 Å². The van der Waals surface area contributed by atoms with Gasteiger partial charge in [-0.1, -0.05) is 96.7 Å². The molecule has 0 radical (unpaired) electrons. The highest BCUT2D eigenvalue weighted by Gasteiger charge is 2.36. The number of nitrogens with zero attached hydrogens (tertiary/aromatic N) is 2. The van der Waals surface area contributed by atoms with Gasteiger partial charge in [0.1, 0.15) is 6.04 Å². The van der Waals surface area contributed by atoms with E-state index in [0.717, 1.165) is 36.6 Å². The molecule has 1 heterocycles. The van der Waals surface area contributed by atoms with Crippen LogP contribution in [0.5, 0.6) is 0 Å². The Morgan fingerprint density at radius 1 is 0.889 bits per heavy atom. The number of benzene rings is 4. The normalized spacial score (nSPS) is 16.2. The van der Waals surface area contributed by atoms with E-state index in [1.54, 1.807) is 41.3 Å². The van der Waals surface area contributed by atoms with Crippen LogP contribution in [0.25, 0.3) is 10.8 Å². The summed E-state index contributed by atoms with van der Waals surface area (Å²) in [4.78, 5) is 30.0. The van der Waals surface area contributed by atoms with Gasteiger partial charge in [0.05, 0.1) is 10.6 Å². The van der Waals surface area contributed by atoms with Gasteiger partial charge in [-0.25, -0.2) is 8.42 Å². The fourth-order valence-electron chi connectivity index (χ4n) is 6.49. The van der Waals surface area contributed by atoms with Crippen molar-refractivity contribution in [2.75, 3.05) is 10.8 Å². The summed E-state index contributed by atoms with van der Waals surface area (Å²) < 4.78 is 28.4. The Balaban J connectivity index is 1.27. The number of anilines is 1. The summed E-state index contributed by atoms with van der Waals surface area (Å²) in [5, 5.41) is 5.56. The number of carbonyl (C=O) groups is 2. The lowest BCUT2D eigenvalue weighted by Crippen LogP contribution is -2.52. The molecule has 1 aliphatic heterocycles. The van der Waals surface area contributed by atoms with E-state index < -0.39 is 16.1 Å². The first kappa shape index (κ1) is 31.4.